The van der Waals surface area contributed by atoms with Crippen LogP contribution in [0.4, 0.5) is 0 Å². The first-order valence-electron chi connectivity index (χ1n) is 7.74. The largest absolute Gasteiger partial charge is 0.272 e. The highest BCUT2D eigenvalue weighted by Gasteiger charge is 2.06. The van der Waals surface area contributed by atoms with Crippen molar-refractivity contribution >= 4 is 51.5 Å². The lowest BCUT2D eigenvalue weighted by molar-refractivity contribution is -0.118. The van der Waals surface area contributed by atoms with Crippen LogP contribution in [-0.4, -0.2) is 22.9 Å². The zero-order valence-electron chi connectivity index (χ0n) is 13.7. The van der Waals surface area contributed by atoms with Crippen molar-refractivity contribution in [2.45, 2.75) is 11.3 Å². The van der Waals surface area contributed by atoms with Gasteiger partial charge >= 0.3 is 0 Å². The first-order chi connectivity index (χ1) is 12.2. The summed E-state index contributed by atoms with van der Waals surface area (Å²) >= 11 is 3.02. The van der Waals surface area contributed by atoms with Crippen LogP contribution in [-0.2, 0) is 4.79 Å². The van der Waals surface area contributed by atoms with Gasteiger partial charge in [-0.05, 0) is 30.2 Å². The van der Waals surface area contributed by atoms with E-state index in [1.54, 1.807) is 17.6 Å². The van der Waals surface area contributed by atoms with Gasteiger partial charge in [-0.2, -0.15) is 5.10 Å². The zero-order chi connectivity index (χ0) is 17.5. The van der Waals surface area contributed by atoms with Gasteiger partial charge < -0.3 is 0 Å². The predicted octanol–water partition coefficient (Wildman–Crippen LogP) is 4.59. The van der Waals surface area contributed by atoms with E-state index < -0.39 is 0 Å². The number of nitrogens with zero attached hydrogens (tertiary/aromatic N) is 2. The summed E-state index contributed by atoms with van der Waals surface area (Å²) in [6, 6.07) is 17.9. The number of thioether (sulfide) groups is 1. The summed E-state index contributed by atoms with van der Waals surface area (Å²) in [5.41, 5.74) is 5.58. The number of hydrogen-bond acceptors (Lipinski definition) is 5. The van der Waals surface area contributed by atoms with Gasteiger partial charge in [0.05, 0.1) is 22.2 Å². The summed E-state index contributed by atoms with van der Waals surface area (Å²) in [5, 5.41) is 4.00. The molecule has 0 aliphatic carbocycles. The van der Waals surface area contributed by atoms with Gasteiger partial charge in [-0.1, -0.05) is 60.3 Å². The number of hydrazone groups is 1. The van der Waals surface area contributed by atoms with Crippen molar-refractivity contribution in [1.82, 2.24) is 10.4 Å². The van der Waals surface area contributed by atoms with Crippen molar-refractivity contribution in [3.05, 3.63) is 65.7 Å². The zero-order valence-corrected chi connectivity index (χ0v) is 15.3. The molecule has 0 spiro atoms. The maximum atomic E-state index is 11.9. The van der Waals surface area contributed by atoms with Crippen LogP contribution in [0.2, 0.25) is 0 Å². The Morgan fingerprint density at radius 3 is 2.76 bits per heavy atom. The maximum Gasteiger partial charge on any atom is 0.250 e. The van der Waals surface area contributed by atoms with Crippen molar-refractivity contribution in [3.63, 3.8) is 0 Å². The molecule has 126 valence electrons. The first-order valence-corrected chi connectivity index (χ1v) is 9.54. The summed E-state index contributed by atoms with van der Waals surface area (Å²) in [6.45, 7) is 1.94. The highest BCUT2D eigenvalue weighted by Crippen LogP contribution is 2.28. The number of para-hydroxylation sites is 1. The third-order valence-corrected chi connectivity index (χ3v) is 5.43. The standard InChI is InChI=1S/C19H17N3OS2/c1-14(11-15-7-3-2-4-8-15)12-20-22-18(23)13-24-19-21-16-9-5-6-10-17(16)25-19/h2-12H,13H2,1H3,(H,22,23). The van der Waals surface area contributed by atoms with Crippen LogP contribution in [0.1, 0.15) is 12.5 Å². The minimum Gasteiger partial charge on any atom is -0.272 e. The van der Waals surface area contributed by atoms with Crippen LogP contribution in [0.15, 0.2) is 69.6 Å². The highest BCUT2D eigenvalue weighted by atomic mass is 32.2. The van der Waals surface area contributed by atoms with Gasteiger partial charge in [-0.25, -0.2) is 10.4 Å². The molecule has 4 nitrogen and oxygen atoms in total. The SMILES string of the molecule is CC(C=NNC(=O)CSc1nc2ccccc2s1)=Cc1ccccc1. The minimum atomic E-state index is -0.145. The molecule has 0 aliphatic rings. The first kappa shape index (κ1) is 17.4. The second-order valence-electron chi connectivity index (χ2n) is 5.33. The number of nitrogens with one attached hydrogen (secondary N) is 1. The van der Waals surface area contributed by atoms with Crippen LogP contribution in [0.25, 0.3) is 16.3 Å². The number of aromatic nitrogens is 1. The lowest BCUT2D eigenvalue weighted by Crippen LogP contribution is -2.19. The van der Waals surface area contributed by atoms with E-state index in [2.05, 4.69) is 15.5 Å². The number of allylic oxidation sites excluding steroid dienone is 1. The van der Waals surface area contributed by atoms with Crippen LogP contribution >= 0.6 is 23.1 Å². The number of fused-ring (bicyclic) bond motifs is 1. The van der Waals surface area contributed by atoms with E-state index in [4.69, 9.17) is 0 Å². The molecule has 0 unspecified atom stereocenters. The van der Waals surface area contributed by atoms with Gasteiger partial charge in [0.1, 0.15) is 0 Å². The molecule has 25 heavy (non-hydrogen) atoms. The lowest BCUT2D eigenvalue weighted by atomic mass is 10.1. The van der Waals surface area contributed by atoms with Crippen LogP contribution in [0.5, 0.6) is 0 Å². The molecule has 0 bridgehead atoms. The Hall–Kier alpha value is -2.44. The Kier molecular flexibility index (Phi) is 5.98. The maximum absolute atomic E-state index is 11.9. The Balaban J connectivity index is 1.48. The average Bonchev–Trinajstić information content (AvgIpc) is 3.04. The van der Waals surface area contributed by atoms with Crippen LogP contribution < -0.4 is 5.43 Å². The minimum absolute atomic E-state index is 0.145. The number of amides is 1. The number of benzene rings is 2. The van der Waals surface area contributed by atoms with Gasteiger partial charge in [-0.3, -0.25) is 4.79 Å². The fourth-order valence-corrected chi connectivity index (χ4v) is 3.99. The Bertz CT molecular complexity index is 884. The molecular weight excluding hydrogens is 350 g/mol. The van der Waals surface area contributed by atoms with E-state index >= 15 is 0 Å². The predicted molar refractivity (Wildman–Crippen MR) is 107 cm³/mol. The average molecular weight is 367 g/mol. The monoisotopic (exact) mass is 367 g/mol. The van der Waals surface area contributed by atoms with Crippen molar-refractivity contribution in [2.24, 2.45) is 5.10 Å². The van der Waals surface area contributed by atoms with Gasteiger partial charge in [0.2, 0.25) is 0 Å². The Morgan fingerprint density at radius 1 is 1.20 bits per heavy atom. The molecular formula is C19H17N3OS2. The molecule has 0 atom stereocenters. The summed E-state index contributed by atoms with van der Waals surface area (Å²) in [4.78, 5) is 16.4. The number of thiazole rings is 1. The van der Waals surface area contributed by atoms with Gasteiger partial charge in [0.15, 0.2) is 4.34 Å². The molecule has 0 fully saturated rings. The normalized spacial score (nSPS) is 12.0. The third kappa shape index (κ3) is 5.27. The van der Waals surface area contributed by atoms with E-state index in [-0.39, 0.29) is 5.91 Å². The molecule has 1 amide bonds. The molecule has 1 heterocycles. The topological polar surface area (TPSA) is 54.4 Å². The van der Waals surface area contributed by atoms with Crippen molar-refractivity contribution < 1.29 is 4.79 Å². The number of carbonyl (C=O) groups excluding carboxylic acids is 1. The fraction of sp³-hybridized carbons (Fsp3) is 0.105. The van der Waals surface area contributed by atoms with Gasteiger partial charge in [0, 0.05) is 0 Å². The summed E-state index contributed by atoms with van der Waals surface area (Å²) in [5.74, 6) is 0.145. The molecule has 0 saturated carbocycles. The van der Waals surface area contributed by atoms with Crippen molar-refractivity contribution in [3.8, 4) is 0 Å². The van der Waals surface area contributed by atoms with E-state index in [0.717, 1.165) is 25.7 Å². The number of rotatable bonds is 6. The molecule has 1 N–H and O–H groups in total. The Labute approximate surface area is 154 Å². The summed E-state index contributed by atoms with van der Waals surface area (Å²) in [7, 11) is 0. The third-order valence-electron chi connectivity index (χ3n) is 3.25. The fourth-order valence-electron chi connectivity index (χ4n) is 2.13. The summed E-state index contributed by atoms with van der Waals surface area (Å²) < 4.78 is 2.02. The smallest absolute Gasteiger partial charge is 0.250 e. The van der Waals surface area contributed by atoms with E-state index in [1.807, 2.05) is 67.6 Å². The number of carbonyl (C=O) groups is 1. The van der Waals surface area contributed by atoms with E-state index in [1.165, 1.54) is 11.8 Å². The van der Waals surface area contributed by atoms with E-state index in [0.29, 0.717) is 5.75 Å². The molecule has 3 rings (SSSR count). The van der Waals surface area contributed by atoms with Gasteiger partial charge in [0.25, 0.3) is 5.91 Å². The Morgan fingerprint density at radius 2 is 1.96 bits per heavy atom. The molecule has 1 aromatic heterocycles. The molecule has 0 radical (unpaired) electrons. The molecule has 0 aliphatic heterocycles. The van der Waals surface area contributed by atoms with Crippen molar-refractivity contribution in [1.29, 1.82) is 0 Å². The van der Waals surface area contributed by atoms with Crippen molar-refractivity contribution in [2.75, 3.05) is 5.75 Å². The highest BCUT2D eigenvalue weighted by molar-refractivity contribution is 8.01. The lowest BCUT2D eigenvalue weighted by Gasteiger charge is -1.98. The molecule has 0 saturated heterocycles. The second-order valence-corrected chi connectivity index (χ2v) is 7.58. The van der Waals surface area contributed by atoms with Crippen LogP contribution in [0.3, 0.4) is 0 Å². The molecule has 2 aromatic carbocycles. The van der Waals surface area contributed by atoms with Gasteiger partial charge in [-0.15, -0.1) is 11.3 Å². The second kappa shape index (κ2) is 8.60. The quantitative estimate of drug-likeness (QED) is 0.394. The van der Waals surface area contributed by atoms with Crippen LogP contribution in [0, 0.1) is 0 Å². The number of hydrogen-bond donors (Lipinski definition) is 1. The molecule has 3 aromatic rings. The molecule has 6 heteroatoms. The van der Waals surface area contributed by atoms with E-state index in [9.17, 15) is 4.79 Å². The summed E-state index contributed by atoms with van der Waals surface area (Å²) in [6.07, 6.45) is 3.65.